The fourth-order valence-corrected chi connectivity index (χ4v) is 3.87. The summed E-state index contributed by atoms with van der Waals surface area (Å²) in [5.74, 6) is -0.0813. The number of carbonyl (C=O) groups excluding carboxylic acids is 1. The molecule has 0 saturated carbocycles. The molecule has 1 aliphatic rings. The van der Waals surface area contributed by atoms with Gasteiger partial charge in [-0.3, -0.25) is 4.79 Å². The minimum absolute atomic E-state index is 0. The summed E-state index contributed by atoms with van der Waals surface area (Å²) in [7, 11) is -3.65. The van der Waals surface area contributed by atoms with Crippen LogP contribution in [-0.2, 0) is 14.8 Å². The molecule has 0 radical (unpaired) electrons. The Morgan fingerprint density at radius 3 is 2.58 bits per heavy atom. The summed E-state index contributed by atoms with van der Waals surface area (Å²) in [4.78, 5) is 16.3. The van der Waals surface area contributed by atoms with Crippen LogP contribution in [0.25, 0.3) is 0 Å². The lowest BCUT2D eigenvalue weighted by Crippen LogP contribution is -2.40. The highest BCUT2D eigenvalue weighted by atomic mass is 35.5. The van der Waals surface area contributed by atoms with Gasteiger partial charge in [-0.2, -0.15) is 4.31 Å². The van der Waals surface area contributed by atoms with Crippen molar-refractivity contribution in [3.8, 4) is 0 Å². The van der Waals surface area contributed by atoms with Crippen molar-refractivity contribution in [2.24, 2.45) is 0 Å². The number of nitrogens with two attached hydrogens (primary N) is 1. The Labute approximate surface area is 157 Å². The van der Waals surface area contributed by atoms with Crippen molar-refractivity contribution in [1.29, 1.82) is 0 Å². The van der Waals surface area contributed by atoms with E-state index in [1.807, 2.05) is 0 Å². The topological polar surface area (TPSA) is 115 Å². The predicted molar refractivity (Wildman–Crippen MR) is 99.9 cm³/mol. The minimum Gasteiger partial charge on any atom is -0.384 e. The molecule has 2 heterocycles. The lowest BCUT2D eigenvalue weighted by Gasteiger charge is -2.26. The first-order valence-corrected chi connectivity index (χ1v) is 9.12. The molecule has 1 aliphatic heterocycles. The highest BCUT2D eigenvalue weighted by Crippen LogP contribution is 2.19. The first kappa shape index (κ1) is 20.1. The van der Waals surface area contributed by atoms with Gasteiger partial charge in [-0.15, -0.1) is 12.4 Å². The summed E-state index contributed by atoms with van der Waals surface area (Å²) in [5.41, 5.74) is 6.22. The quantitative estimate of drug-likeness (QED) is 0.803. The molecule has 1 aromatic heterocycles. The van der Waals surface area contributed by atoms with Crippen LogP contribution in [0.3, 0.4) is 0 Å². The Kier molecular flexibility index (Phi) is 6.54. The number of benzene rings is 1. The van der Waals surface area contributed by atoms with Crippen molar-refractivity contribution >= 4 is 39.8 Å². The number of nitrogens with zero attached hydrogens (tertiary/aromatic N) is 2. The van der Waals surface area contributed by atoms with E-state index >= 15 is 0 Å². The van der Waals surface area contributed by atoms with Crippen molar-refractivity contribution in [2.75, 3.05) is 37.4 Å². The summed E-state index contributed by atoms with van der Waals surface area (Å²) in [6.45, 7) is 1.33. The SMILES string of the molecule is Cl.Nc1ccc(NC(=O)c2cccc(S(=O)(=O)N3CCOCC3)c2)cn1. The Bertz CT molecular complexity index is 868. The summed E-state index contributed by atoms with van der Waals surface area (Å²) >= 11 is 0. The summed E-state index contributed by atoms with van der Waals surface area (Å²) < 4.78 is 31.9. The number of hydrogen-bond acceptors (Lipinski definition) is 6. The maximum atomic E-state index is 12.7. The maximum absolute atomic E-state index is 12.7. The number of sulfonamides is 1. The zero-order valence-corrected chi connectivity index (χ0v) is 15.4. The van der Waals surface area contributed by atoms with E-state index in [-0.39, 0.29) is 22.9 Å². The van der Waals surface area contributed by atoms with E-state index in [2.05, 4.69) is 10.3 Å². The van der Waals surface area contributed by atoms with Crippen molar-refractivity contribution in [2.45, 2.75) is 4.90 Å². The molecule has 1 saturated heterocycles. The molecule has 0 unspecified atom stereocenters. The van der Waals surface area contributed by atoms with Crippen LogP contribution < -0.4 is 11.1 Å². The number of nitrogen functional groups attached to an aromatic ring is 1. The molecule has 0 aliphatic carbocycles. The number of amides is 1. The average molecular weight is 399 g/mol. The number of morpholine rings is 1. The van der Waals surface area contributed by atoms with Crippen LogP contribution in [0.2, 0.25) is 0 Å². The second-order valence-corrected chi connectivity index (χ2v) is 7.41. The third kappa shape index (κ3) is 4.50. The highest BCUT2D eigenvalue weighted by Gasteiger charge is 2.26. The van der Waals surface area contributed by atoms with E-state index in [0.29, 0.717) is 37.8 Å². The molecule has 10 heteroatoms. The lowest BCUT2D eigenvalue weighted by molar-refractivity contribution is 0.0730. The number of aromatic nitrogens is 1. The van der Waals surface area contributed by atoms with E-state index in [9.17, 15) is 13.2 Å². The van der Waals surface area contributed by atoms with Crippen molar-refractivity contribution in [3.05, 3.63) is 48.2 Å². The monoisotopic (exact) mass is 398 g/mol. The van der Waals surface area contributed by atoms with Crippen LogP contribution in [0, 0.1) is 0 Å². The van der Waals surface area contributed by atoms with Gasteiger partial charge in [-0.1, -0.05) is 6.07 Å². The van der Waals surface area contributed by atoms with Gasteiger partial charge in [-0.05, 0) is 30.3 Å². The molecule has 26 heavy (non-hydrogen) atoms. The van der Waals surface area contributed by atoms with Gasteiger partial charge < -0.3 is 15.8 Å². The average Bonchev–Trinajstić information content (AvgIpc) is 2.64. The van der Waals surface area contributed by atoms with Crippen molar-refractivity contribution in [3.63, 3.8) is 0 Å². The summed E-state index contributed by atoms with van der Waals surface area (Å²) in [5, 5.41) is 2.66. The number of rotatable bonds is 4. The zero-order chi connectivity index (χ0) is 17.9. The molecule has 1 aromatic carbocycles. The fraction of sp³-hybridized carbons (Fsp3) is 0.250. The minimum atomic E-state index is -3.65. The molecule has 2 aromatic rings. The molecule has 3 N–H and O–H groups in total. The van der Waals surface area contributed by atoms with Gasteiger partial charge in [0.1, 0.15) is 5.82 Å². The number of halogens is 1. The Hall–Kier alpha value is -2.20. The van der Waals surface area contributed by atoms with Gasteiger partial charge in [0.2, 0.25) is 10.0 Å². The second-order valence-electron chi connectivity index (χ2n) is 5.47. The van der Waals surface area contributed by atoms with Crippen molar-refractivity contribution < 1.29 is 17.9 Å². The molecule has 0 spiro atoms. The first-order valence-electron chi connectivity index (χ1n) is 7.68. The van der Waals surface area contributed by atoms with Crippen LogP contribution in [0.15, 0.2) is 47.5 Å². The maximum Gasteiger partial charge on any atom is 0.255 e. The van der Waals surface area contributed by atoms with Crippen molar-refractivity contribution in [1.82, 2.24) is 9.29 Å². The number of carbonyl (C=O) groups is 1. The molecule has 1 fully saturated rings. The normalized spacial score (nSPS) is 15.1. The Balaban J connectivity index is 0.00000243. The number of ether oxygens (including phenoxy) is 1. The van der Waals surface area contributed by atoms with Gasteiger partial charge in [0, 0.05) is 18.7 Å². The van der Waals surface area contributed by atoms with Gasteiger partial charge >= 0.3 is 0 Å². The summed E-state index contributed by atoms with van der Waals surface area (Å²) in [6, 6.07) is 9.13. The Morgan fingerprint density at radius 2 is 1.92 bits per heavy atom. The van der Waals surface area contributed by atoms with Gasteiger partial charge in [0.25, 0.3) is 5.91 Å². The number of anilines is 2. The van der Waals surface area contributed by atoms with Gasteiger partial charge in [0.05, 0.1) is 30.0 Å². The van der Waals surface area contributed by atoms with E-state index in [4.69, 9.17) is 10.5 Å². The van der Waals surface area contributed by atoms with Crippen LogP contribution in [0.4, 0.5) is 11.5 Å². The largest absolute Gasteiger partial charge is 0.384 e. The zero-order valence-electron chi connectivity index (χ0n) is 13.8. The molecule has 0 atom stereocenters. The third-order valence-electron chi connectivity index (χ3n) is 3.75. The molecule has 140 valence electrons. The van der Waals surface area contributed by atoms with Crippen LogP contribution in [0.1, 0.15) is 10.4 Å². The second kappa shape index (κ2) is 8.45. The predicted octanol–water partition coefficient (Wildman–Crippen LogP) is 1.36. The smallest absolute Gasteiger partial charge is 0.255 e. The highest BCUT2D eigenvalue weighted by molar-refractivity contribution is 7.89. The van der Waals surface area contributed by atoms with Gasteiger partial charge in [-0.25, -0.2) is 13.4 Å². The molecular weight excluding hydrogens is 380 g/mol. The number of hydrogen-bond donors (Lipinski definition) is 2. The molecule has 1 amide bonds. The Morgan fingerprint density at radius 1 is 1.19 bits per heavy atom. The summed E-state index contributed by atoms with van der Waals surface area (Å²) in [6.07, 6.45) is 1.43. The molecule has 3 rings (SSSR count). The van der Waals surface area contributed by atoms with Crippen LogP contribution in [0.5, 0.6) is 0 Å². The standard InChI is InChI=1S/C16H18N4O4S.ClH/c17-15-5-4-13(11-18-15)19-16(21)12-2-1-3-14(10-12)25(22,23)20-6-8-24-9-7-20;/h1-5,10-11H,6-9H2,(H2,17,18)(H,19,21);1H. The van der Waals surface area contributed by atoms with Gasteiger partial charge in [0.15, 0.2) is 0 Å². The molecule has 0 bridgehead atoms. The van der Waals surface area contributed by atoms with Crippen LogP contribution in [-0.4, -0.2) is 49.9 Å². The number of nitrogens with one attached hydrogen (secondary N) is 1. The van der Waals surface area contributed by atoms with E-state index in [0.717, 1.165) is 0 Å². The first-order chi connectivity index (χ1) is 12.0. The fourth-order valence-electron chi connectivity index (χ4n) is 2.42. The van der Waals surface area contributed by atoms with E-state index in [1.165, 1.54) is 22.6 Å². The van der Waals surface area contributed by atoms with Crippen LogP contribution >= 0.6 is 12.4 Å². The van der Waals surface area contributed by atoms with E-state index in [1.54, 1.807) is 24.3 Å². The third-order valence-corrected chi connectivity index (χ3v) is 5.64. The lowest BCUT2D eigenvalue weighted by atomic mass is 10.2. The van der Waals surface area contributed by atoms with E-state index < -0.39 is 15.9 Å². The molecule has 8 nitrogen and oxygen atoms in total. The molecular formula is C16H19ClN4O4S. The number of pyridine rings is 1.